The normalized spacial score (nSPS) is 11.3. The van der Waals surface area contributed by atoms with Gasteiger partial charge in [-0.2, -0.15) is 8.78 Å². The zero-order chi connectivity index (χ0) is 13.8. The fourth-order valence-electron chi connectivity index (χ4n) is 1.31. The van der Waals surface area contributed by atoms with Crippen LogP contribution in [0.1, 0.15) is 5.56 Å². The Bertz CT molecular complexity index is 437. The molecule has 0 heterocycles. The molecule has 4 nitrogen and oxygen atoms in total. The Hall–Kier alpha value is -1.21. The van der Waals surface area contributed by atoms with Crippen LogP contribution in [0.2, 0.25) is 0 Å². The second-order valence-electron chi connectivity index (χ2n) is 3.44. The minimum Gasteiger partial charge on any atom is -0.496 e. The molecule has 0 amide bonds. The molecule has 1 aromatic carbocycles. The zero-order valence-corrected chi connectivity index (χ0v) is 11.0. The van der Waals surface area contributed by atoms with Gasteiger partial charge in [0.05, 0.1) is 12.7 Å². The van der Waals surface area contributed by atoms with E-state index in [9.17, 15) is 13.6 Å². The van der Waals surface area contributed by atoms with Gasteiger partial charge >= 0.3 is 5.97 Å². The van der Waals surface area contributed by atoms with Gasteiger partial charge in [0, 0.05) is 4.47 Å². The van der Waals surface area contributed by atoms with Crippen molar-refractivity contribution in [3.05, 3.63) is 28.2 Å². The van der Waals surface area contributed by atoms with Crippen LogP contribution in [0.5, 0.6) is 5.75 Å². The average molecular weight is 325 g/mol. The van der Waals surface area contributed by atoms with Crippen LogP contribution in [0, 0.1) is 0 Å². The first kappa shape index (κ1) is 14.8. The second-order valence-corrected chi connectivity index (χ2v) is 4.35. The molecule has 0 aromatic heterocycles. The first-order valence-electron chi connectivity index (χ1n) is 4.88. The van der Waals surface area contributed by atoms with E-state index in [0.29, 0.717) is 4.47 Å². The summed E-state index contributed by atoms with van der Waals surface area (Å²) in [5.41, 5.74) is -0.357. The summed E-state index contributed by atoms with van der Waals surface area (Å²) >= 11 is 3.09. The van der Waals surface area contributed by atoms with Crippen molar-refractivity contribution in [3.63, 3.8) is 0 Å². The van der Waals surface area contributed by atoms with Crippen LogP contribution in [0.25, 0.3) is 0 Å². The average Bonchev–Trinajstić information content (AvgIpc) is 2.28. The number of rotatable bonds is 6. The van der Waals surface area contributed by atoms with Crippen molar-refractivity contribution in [1.29, 1.82) is 0 Å². The van der Waals surface area contributed by atoms with Gasteiger partial charge in [0.25, 0.3) is 5.92 Å². The maximum Gasteiger partial charge on any atom is 0.329 e. The first-order valence-corrected chi connectivity index (χ1v) is 5.67. The molecule has 0 atom stereocenters. The van der Waals surface area contributed by atoms with Gasteiger partial charge in [0.15, 0.2) is 0 Å². The molecule has 7 heteroatoms. The maximum atomic E-state index is 13.8. The summed E-state index contributed by atoms with van der Waals surface area (Å²) < 4.78 is 37.4. The Morgan fingerprint density at radius 1 is 1.50 bits per heavy atom. The minimum atomic E-state index is -3.33. The number of halogens is 3. The molecular formula is C11H11BrF2O4. The van der Waals surface area contributed by atoms with Crippen molar-refractivity contribution in [2.45, 2.75) is 5.92 Å². The van der Waals surface area contributed by atoms with Crippen LogP contribution in [-0.4, -0.2) is 31.4 Å². The van der Waals surface area contributed by atoms with Crippen LogP contribution in [0.4, 0.5) is 8.78 Å². The molecule has 0 fully saturated rings. The third kappa shape index (κ3) is 3.92. The summed E-state index contributed by atoms with van der Waals surface area (Å²) in [6.45, 7) is -1.79. The predicted octanol–water partition coefficient (Wildman–Crippen LogP) is 2.65. The van der Waals surface area contributed by atoms with E-state index in [1.165, 1.54) is 19.2 Å². The number of ether oxygens (including phenoxy) is 2. The lowest BCUT2D eigenvalue weighted by molar-refractivity contribution is -0.147. The molecule has 0 radical (unpaired) electrons. The van der Waals surface area contributed by atoms with Crippen LogP contribution >= 0.6 is 15.9 Å². The van der Waals surface area contributed by atoms with Gasteiger partial charge < -0.3 is 14.6 Å². The summed E-state index contributed by atoms with van der Waals surface area (Å²) in [7, 11) is 1.28. The zero-order valence-electron chi connectivity index (χ0n) is 9.45. The maximum absolute atomic E-state index is 13.8. The summed E-state index contributed by atoms with van der Waals surface area (Å²) in [6.07, 6.45) is 0. The number of benzene rings is 1. The number of aliphatic carboxylic acids is 1. The molecule has 0 saturated carbocycles. The molecule has 1 aromatic rings. The van der Waals surface area contributed by atoms with E-state index < -0.39 is 25.1 Å². The van der Waals surface area contributed by atoms with Gasteiger partial charge in [-0.3, -0.25) is 0 Å². The lowest BCUT2D eigenvalue weighted by atomic mass is 10.1. The molecule has 0 aliphatic carbocycles. The highest BCUT2D eigenvalue weighted by molar-refractivity contribution is 9.10. The quantitative estimate of drug-likeness (QED) is 0.874. The lowest BCUT2D eigenvalue weighted by Crippen LogP contribution is -2.24. The van der Waals surface area contributed by atoms with Crippen molar-refractivity contribution >= 4 is 21.9 Å². The van der Waals surface area contributed by atoms with Gasteiger partial charge in [0.2, 0.25) is 0 Å². The fraction of sp³-hybridized carbons (Fsp3) is 0.364. The third-order valence-corrected chi connectivity index (χ3v) is 2.56. The molecule has 0 bridgehead atoms. The van der Waals surface area contributed by atoms with E-state index >= 15 is 0 Å². The van der Waals surface area contributed by atoms with E-state index in [1.54, 1.807) is 6.07 Å². The highest BCUT2D eigenvalue weighted by Gasteiger charge is 2.35. The molecule has 0 aliphatic heterocycles. The standard InChI is InChI=1S/C11H11BrF2O4/c1-17-9-3-2-7(12)4-8(9)11(13,14)6-18-5-10(15)16/h2-4H,5-6H2,1H3,(H,15,16). The van der Waals surface area contributed by atoms with E-state index in [0.717, 1.165) is 0 Å². The monoisotopic (exact) mass is 324 g/mol. The molecule has 0 unspecified atom stereocenters. The van der Waals surface area contributed by atoms with Gasteiger partial charge in [-0.1, -0.05) is 15.9 Å². The second kappa shape index (κ2) is 6.10. The molecule has 1 rings (SSSR count). The Morgan fingerprint density at radius 2 is 2.17 bits per heavy atom. The Morgan fingerprint density at radius 3 is 2.72 bits per heavy atom. The van der Waals surface area contributed by atoms with E-state index in [2.05, 4.69) is 20.7 Å². The topological polar surface area (TPSA) is 55.8 Å². The SMILES string of the molecule is COc1ccc(Br)cc1C(F)(F)COCC(=O)O. The van der Waals surface area contributed by atoms with Crippen molar-refractivity contribution in [2.24, 2.45) is 0 Å². The molecule has 18 heavy (non-hydrogen) atoms. The summed E-state index contributed by atoms with van der Waals surface area (Å²) in [4.78, 5) is 10.2. The van der Waals surface area contributed by atoms with Crippen molar-refractivity contribution in [1.82, 2.24) is 0 Å². The highest BCUT2D eigenvalue weighted by atomic mass is 79.9. The summed E-state index contributed by atoms with van der Waals surface area (Å²) in [5, 5.41) is 8.32. The number of hydrogen-bond acceptors (Lipinski definition) is 3. The number of carboxylic acid groups (broad SMARTS) is 1. The van der Waals surface area contributed by atoms with Gasteiger partial charge in [-0.05, 0) is 18.2 Å². The largest absolute Gasteiger partial charge is 0.496 e. The van der Waals surface area contributed by atoms with Crippen molar-refractivity contribution in [2.75, 3.05) is 20.3 Å². The van der Waals surface area contributed by atoms with E-state index in [4.69, 9.17) is 9.84 Å². The van der Waals surface area contributed by atoms with Gasteiger partial charge in [-0.25, -0.2) is 4.79 Å². The number of methoxy groups -OCH3 is 1. The number of alkyl halides is 2. The molecule has 0 spiro atoms. The molecule has 100 valence electrons. The van der Waals surface area contributed by atoms with Crippen molar-refractivity contribution < 1.29 is 28.2 Å². The summed E-state index contributed by atoms with van der Waals surface area (Å²) in [6, 6.07) is 4.17. The van der Waals surface area contributed by atoms with Crippen LogP contribution in [0.15, 0.2) is 22.7 Å². The third-order valence-electron chi connectivity index (χ3n) is 2.06. The number of hydrogen-bond donors (Lipinski definition) is 1. The van der Waals surface area contributed by atoms with Gasteiger partial charge in [-0.15, -0.1) is 0 Å². The van der Waals surface area contributed by atoms with Gasteiger partial charge in [0.1, 0.15) is 19.0 Å². The Kier molecular flexibility index (Phi) is 5.03. The fourth-order valence-corrected chi connectivity index (χ4v) is 1.67. The van der Waals surface area contributed by atoms with Crippen LogP contribution in [0.3, 0.4) is 0 Å². The van der Waals surface area contributed by atoms with E-state index in [1.807, 2.05) is 0 Å². The summed E-state index contributed by atoms with van der Waals surface area (Å²) in [5.74, 6) is -4.61. The Labute approximate surface area is 111 Å². The molecule has 0 saturated heterocycles. The molecule has 1 N–H and O–H groups in total. The molecule has 0 aliphatic rings. The predicted molar refractivity (Wildman–Crippen MR) is 63.0 cm³/mol. The Balaban J connectivity index is 2.88. The number of carboxylic acids is 1. The van der Waals surface area contributed by atoms with Crippen LogP contribution in [-0.2, 0) is 15.5 Å². The minimum absolute atomic E-state index is 0.0159. The molecular weight excluding hydrogens is 314 g/mol. The smallest absolute Gasteiger partial charge is 0.329 e. The lowest BCUT2D eigenvalue weighted by Gasteiger charge is -2.19. The van der Waals surface area contributed by atoms with Crippen LogP contribution < -0.4 is 4.74 Å². The number of carbonyl (C=O) groups is 1. The van der Waals surface area contributed by atoms with Crippen molar-refractivity contribution in [3.8, 4) is 5.75 Å². The first-order chi connectivity index (χ1) is 8.36. The highest BCUT2D eigenvalue weighted by Crippen LogP contribution is 2.36. The van der Waals surface area contributed by atoms with E-state index in [-0.39, 0.29) is 11.3 Å².